The van der Waals surface area contributed by atoms with E-state index in [9.17, 15) is 13.2 Å². The van der Waals surface area contributed by atoms with Gasteiger partial charge in [0.25, 0.3) is 0 Å². The second kappa shape index (κ2) is 10.9. The molecule has 0 radical (unpaired) electrons. The van der Waals surface area contributed by atoms with Crippen LogP contribution in [0.5, 0.6) is 5.75 Å². The molecule has 0 fully saturated rings. The number of nitrogens with one attached hydrogen (secondary N) is 1. The van der Waals surface area contributed by atoms with Crippen LogP contribution in [0.4, 0.5) is 5.69 Å². The van der Waals surface area contributed by atoms with Crippen LogP contribution < -0.4 is 14.4 Å². The first kappa shape index (κ1) is 25.7. The van der Waals surface area contributed by atoms with Crippen LogP contribution in [-0.4, -0.2) is 33.7 Å². The van der Waals surface area contributed by atoms with Crippen molar-refractivity contribution in [2.45, 2.75) is 59.5 Å². The maximum atomic E-state index is 13.4. The van der Waals surface area contributed by atoms with E-state index in [1.54, 1.807) is 13.2 Å². The normalized spacial score (nSPS) is 13.5. The van der Waals surface area contributed by atoms with Gasteiger partial charge in [0.2, 0.25) is 15.9 Å². The number of hydrogen-bond donors (Lipinski definition) is 1. The Bertz CT molecular complexity index is 1020. The van der Waals surface area contributed by atoms with Crippen molar-refractivity contribution in [2.75, 3.05) is 17.7 Å². The average Bonchev–Trinajstić information content (AvgIpc) is 2.72. The molecule has 32 heavy (non-hydrogen) atoms. The monoisotopic (exact) mass is 460 g/mol. The Morgan fingerprint density at radius 1 is 1.06 bits per heavy atom. The molecule has 0 saturated carbocycles. The highest BCUT2D eigenvalue weighted by Crippen LogP contribution is 2.27. The number of ether oxygens (including phenoxy) is 1. The summed E-state index contributed by atoms with van der Waals surface area (Å²) in [5.41, 5.74) is 3.50. The van der Waals surface area contributed by atoms with E-state index >= 15 is 0 Å². The number of carbonyl (C=O) groups is 1. The third kappa shape index (κ3) is 6.48. The van der Waals surface area contributed by atoms with Crippen LogP contribution in [0.15, 0.2) is 42.5 Å². The van der Waals surface area contributed by atoms with Crippen LogP contribution >= 0.6 is 0 Å². The fraction of sp³-hybridized carbons (Fsp3) is 0.480. The van der Waals surface area contributed by atoms with Crippen LogP contribution in [0.2, 0.25) is 0 Å². The highest BCUT2D eigenvalue weighted by atomic mass is 32.2. The number of methoxy groups -OCH3 is 1. The molecule has 0 bridgehead atoms. The average molecular weight is 461 g/mol. The minimum Gasteiger partial charge on any atom is -0.497 e. The molecule has 0 aliphatic carbocycles. The Kier molecular flexibility index (Phi) is 8.73. The molecule has 0 heterocycles. The van der Waals surface area contributed by atoms with Gasteiger partial charge >= 0.3 is 0 Å². The van der Waals surface area contributed by atoms with Gasteiger partial charge in [-0.15, -0.1) is 0 Å². The Morgan fingerprint density at radius 2 is 1.69 bits per heavy atom. The van der Waals surface area contributed by atoms with Crippen molar-refractivity contribution < 1.29 is 17.9 Å². The van der Waals surface area contributed by atoms with Crippen LogP contribution in [0.3, 0.4) is 0 Å². The number of benzene rings is 2. The molecule has 0 aliphatic heterocycles. The predicted octanol–water partition coefficient (Wildman–Crippen LogP) is 4.76. The first-order valence-electron chi connectivity index (χ1n) is 11.0. The number of rotatable bonds is 10. The van der Waals surface area contributed by atoms with Gasteiger partial charge < -0.3 is 10.1 Å². The zero-order valence-corrected chi connectivity index (χ0v) is 21.0. The molecule has 0 unspecified atom stereocenters. The summed E-state index contributed by atoms with van der Waals surface area (Å²) in [7, 11) is -2.07. The zero-order valence-electron chi connectivity index (χ0n) is 20.2. The minimum atomic E-state index is -3.68. The lowest BCUT2D eigenvalue weighted by atomic mass is 9.96. The van der Waals surface area contributed by atoms with Crippen molar-refractivity contribution >= 4 is 21.6 Å². The maximum Gasteiger partial charge on any atom is 0.244 e. The second-order valence-electron chi connectivity index (χ2n) is 8.72. The van der Waals surface area contributed by atoms with E-state index in [0.29, 0.717) is 18.0 Å². The van der Waals surface area contributed by atoms with Crippen molar-refractivity contribution in [1.82, 2.24) is 5.32 Å². The van der Waals surface area contributed by atoms with Gasteiger partial charge in [0, 0.05) is 0 Å². The molecule has 176 valence electrons. The van der Waals surface area contributed by atoms with Gasteiger partial charge in [0.05, 0.1) is 25.1 Å². The summed E-state index contributed by atoms with van der Waals surface area (Å²) in [6.07, 6.45) is 2.23. The van der Waals surface area contributed by atoms with E-state index in [2.05, 4.69) is 19.2 Å². The molecule has 0 aromatic heterocycles. The lowest BCUT2D eigenvalue weighted by molar-refractivity contribution is -0.123. The lowest BCUT2D eigenvalue weighted by Crippen LogP contribution is -2.50. The van der Waals surface area contributed by atoms with Crippen LogP contribution in [-0.2, 0) is 14.8 Å². The molecular weight excluding hydrogens is 424 g/mol. The lowest BCUT2D eigenvalue weighted by Gasteiger charge is -2.32. The van der Waals surface area contributed by atoms with Gasteiger partial charge in [-0.05, 0) is 73.6 Å². The van der Waals surface area contributed by atoms with Crippen LogP contribution in [0.1, 0.15) is 56.3 Å². The Morgan fingerprint density at radius 3 is 2.16 bits per heavy atom. The molecule has 2 aromatic rings. The molecule has 7 heteroatoms. The molecule has 2 rings (SSSR count). The number of carbonyl (C=O) groups excluding carboxylic acids is 1. The Labute approximate surface area is 193 Å². The summed E-state index contributed by atoms with van der Waals surface area (Å²) >= 11 is 0. The predicted molar refractivity (Wildman–Crippen MR) is 131 cm³/mol. The highest BCUT2D eigenvalue weighted by Gasteiger charge is 2.33. The SMILES string of the molecule is CC[C@@H](C(=O)N[C@H](CC(C)C)c1ccc(OC)cc1)N(c1ccc(C)c(C)c1)S(C)(=O)=O. The van der Waals surface area contributed by atoms with E-state index in [-0.39, 0.29) is 11.9 Å². The van der Waals surface area contributed by atoms with Crippen molar-refractivity contribution in [3.8, 4) is 5.75 Å². The number of nitrogens with zero attached hydrogens (tertiary/aromatic N) is 1. The topological polar surface area (TPSA) is 75.7 Å². The molecule has 1 N–H and O–H groups in total. The summed E-state index contributed by atoms with van der Waals surface area (Å²) in [5, 5.41) is 3.12. The Hall–Kier alpha value is -2.54. The summed E-state index contributed by atoms with van der Waals surface area (Å²) < 4.78 is 32.0. The fourth-order valence-corrected chi connectivity index (χ4v) is 4.98. The molecule has 6 nitrogen and oxygen atoms in total. The summed E-state index contributed by atoms with van der Waals surface area (Å²) in [6.45, 7) is 9.92. The minimum absolute atomic E-state index is 0.233. The zero-order chi connectivity index (χ0) is 24.1. The summed E-state index contributed by atoms with van der Waals surface area (Å²) in [6, 6.07) is 12.0. The molecule has 2 atom stereocenters. The van der Waals surface area contributed by atoms with Gasteiger partial charge in [0.1, 0.15) is 11.8 Å². The molecule has 2 aromatic carbocycles. The van der Waals surface area contributed by atoms with Crippen LogP contribution in [0.25, 0.3) is 0 Å². The Balaban J connectivity index is 2.40. The number of amides is 1. The third-order valence-corrected chi connectivity index (χ3v) is 6.80. The highest BCUT2D eigenvalue weighted by molar-refractivity contribution is 7.92. The number of hydrogen-bond acceptors (Lipinski definition) is 4. The van der Waals surface area contributed by atoms with Gasteiger partial charge in [-0.25, -0.2) is 8.42 Å². The second-order valence-corrected chi connectivity index (χ2v) is 10.6. The first-order chi connectivity index (χ1) is 15.0. The van der Waals surface area contributed by atoms with Gasteiger partial charge in [-0.3, -0.25) is 9.10 Å². The molecule has 0 spiro atoms. The number of anilines is 1. The summed E-state index contributed by atoms with van der Waals surface area (Å²) in [5.74, 6) is 0.777. The number of sulfonamides is 1. The largest absolute Gasteiger partial charge is 0.497 e. The van der Waals surface area contributed by atoms with Crippen molar-refractivity contribution in [3.05, 3.63) is 59.2 Å². The van der Waals surface area contributed by atoms with Crippen molar-refractivity contribution in [1.29, 1.82) is 0 Å². The van der Waals surface area contributed by atoms with E-state index in [4.69, 9.17) is 4.74 Å². The van der Waals surface area contributed by atoms with E-state index in [0.717, 1.165) is 35.1 Å². The molecule has 1 amide bonds. The first-order valence-corrected chi connectivity index (χ1v) is 12.8. The van der Waals surface area contributed by atoms with E-state index in [1.165, 1.54) is 4.31 Å². The van der Waals surface area contributed by atoms with Gasteiger partial charge in [-0.2, -0.15) is 0 Å². The molecule has 0 aliphatic rings. The van der Waals surface area contributed by atoms with Crippen LogP contribution in [0, 0.1) is 19.8 Å². The van der Waals surface area contributed by atoms with E-state index in [1.807, 2.05) is 57.2 Å². The maximum absolute atomic E-state index is 13.4. The summed E-state index contributed by atoms with van der Waals surface area (Å²) in [4.78, 5) is 13.4. The van der Waals surface area contributed by atoms with Gasteiger partial charge in [-0.1, -0.05) is 39.0 Å². The van der Waals surface area contributed by atoms with Crippen molar-refractivity contribution in [2.24, 2.45) is 5.92 Å². The third-order valence-electron chi connectivity index (χ3n) is 5.62. The standard InChI is InChI=1S/C25H36N2O4S/c1-8-24(27(32(7,29)30)21-12-9-18(4)19(5)16-21)25(28)26-23(15-17(2)3)20-10-13-22(31-6)14-11-20/h9-14,16-17,23-24H,8,15H2,1-7H3,(H,26,28)/t23-,24+/m1/s1. The quantitative estimate of drug-likeness (QED) is 0.555. The molecular formula is C25H36N2O4S. The van der Waals surface area contributed by atoms with Crippen molar-refractivity contribution in [3.63, 3.8) is 0 Å². The van der Waals surface area contributed by atoms with Gasteiger partial charge in [0.15, 0.2) is 0 Å². The smallest absolute Gasteiger partial charge is 0.244 e. The van der Waals surface area contributed by atoms with E-state index < -0.39 is 16.1 Å². The number of aryl methyl sites for hydroxylation is 2. The fourth-order valence-electron chi connectivity index (χ4n) is 3.78. The molecule has 0 saturated heterocycles.